The molecule has 0 aliphatic rings. The van der Waals surface area contributed by atoms with Crippen molar-refractivity contribution < 1.29 is 13.9 Å². The van der Waals surface area contributed by atoms with Crippen LogP contribution in [-0.2, 0) is 6.61 Å². The maximum atomic E-state index is 12.9. The van der Waals surface area contributed by atoms with Crippen LogP contribution in [0.2, 0.25) is 0 Å². The quantitative estimate of drug-likeness (QED) is 0.785. The topological polar surface area (TPSA) is 61.8 Å². The largest absolute Gasteiger partial charge is 0.388 e. The number of hydrogen-bond donors (Lipinski definition) is 2. The lowest BCUT2D eigenvalue weighted by Crippen LogP contribution is -1.87. The molecule has 0 fully saturated rings. The number of halogens is 2. The highest BCUT2D eigenvalue weighted by molar-refractivity contribution is 5.54. The smallest absolute Gasteiger partial charge is 0.181 e. The van der Waals surface area contributed by atoms with E-state index in [9.17, 15) is 8.78 Å². The van der Waals surface area contributed by atoms with Gasteiger partial charge in [-0.15, -0.1) is 0 Å². The molecule has 2 rings (SSSR count). The molecule has 0 bridgehead atoms. The Morgan fingerprint density at radius 3 is 2.67 bits per heavy atom. The molecular formula is C9H7F2N3O. The summed E-state index contributed by atoms with van der Waals surface area (Å²) >= 11 is 0. The van der Waals surface area contributed by atoms with Crippen molar-refractivity contribution in [3.05, 3.63) is 35.7 Å². The van der Waals surface area contributed by atoms with Crippen LogP contribution in [-0.4, -0.2) is 20.3 Å². The zero-order chi connectivity index (χ0) is 10.8. The van der Waals surface area contributed by atoms with Gasteiger partial charge in [0.05, 0.1) is 0 Å². The average Bonchev–Trinajstić information content (AvgIpc) is 2.70. The third-order valence-corrected chi connectivity index (χ3v) is 1.86. The summed E-state index contributed by atoms with van der Waals surface area (Å²) in [6.45, 7) is -0.281. The van der Waals surface area contributed by atoms with Crippen molar-refractivity contribution in [3.63, 3.8) is 0 Å². The second-order valence-electron chi connectivity index (χ2n) is 2.89. The highest BCUT2D eigenvalue weighted by Gasteiger charge is 2.08. The van der Waals surface area contributed by atoms with Gasteiger partial charge in [-0.1, -0.05) is 0 Å². The lowest BCUT2D eigenvalue weighted by atomic mass is 10.2. The molecule has 78 valence electrons. The molecule has 0 aliphatic carbocycles. The summed E-state index contributed by atoms with van der Waals surface area (Å²) in [7, 11) is 0. The monoisotopic (exact) mass is 211 g/mol. The Kier molecular flexibility index (Phi) is 2.42. The summed E-state index contributed by atoms with van der Waals surface area (Å²) in [4.78, 5) is 3.86. The second kappa shape index (κ2) is 3.74. The van der Waals surface area contributed by atoms with Crippen molar-refractivity contribution in [2.75, 3.05) is 0 Å². The van der Waals surface area contributed by atoms with Gasteiger partial charge < -0.3 is 5.11 Å². The molecule has 0 atom stereocenters. The molecule has 1 aromatic carbocycles. The summed E-state index contributed by atoms with van der Waals surface area (Å²) in [6.07, 6.45) is 0. The van der Waals surface area contributed by atoms with E-state index in [0.717, 1.165) is 12.1 Å². The van der Waals surface area contributed by atoms with Gasteiger partial charge in [0.1, 0.15) is 6.61 Å². The highest BCUT2D eigenvalue weighted by atomic mass is 19.2. The standard InChI is InChI=1S/C9H7F2N3O/c10-6-2-1-5(3-7(6)11)9-12-8(4-15)13-14-9/h1-3,15H,4H2,(H,12,13,14). The number of aliphatic hydroxyl groups excluding tert-OH is 1. The molecule has 2 N–H and O–H groups in total. The van der Waals surface area contributed by atoms with E-state index < -0.39 is 11.6 Å². The predicted octanol–water partition coefficient (Wildman–Crippen LogP) is 1.24. The minimum Gasteiger partial charge on any atom is -0.388 e. The number of nitrogens with zero attached hydrogens (tertiary/aromatic N) is 2. The van der Waals surface area contributed by atoms with Crippen LogP contribution >= 0.6 is 0 Å². The average molecular weight is 211 g/mol. The van der Waals surface area contributed by atoms with Crippen LogP contribution in [0.4, 0.5) is 8.78 Å². The van der Waals surface area contributed by atoms with Crippen LogP contribution in [0.3, 0.4) is 0 Å². The minimum atomic E-state index is -0.956. The van der Waals surface area contributed by atoms with Crippen molar-refractivity contribution >= 4 is 0 Å². The van der Waals surface area contributed by atoms with Crippen molar-refractivity contribution in [2.24, 2.45) is 0 Å². The van der Waals surface area contributed by atoms with Crippen molar-refractivity contribution in [1.82, 2.24) is 15.2 Å². The molecule has 0 unspecified atom stereocenters. The van der Waals surface area contributed by atoms with Crippen LogP contribution in [0, 0.1) is 11.6 Å². The second-order valence-corrected chi connectivity index (χ2v) is 2.89. The summed E-state index contributed by atoms with van der Waals surface area (Å²) in [5.74, 6) is -1.38. The molecule has 2 aromatic rings. The van der Waals surface area contributed by atoms with Gasteiger partial charge >= 0.3 is 0 Å². The molecule has 0 radical (unpaired) electrons. The maximum Gasteiger partial charge on any atom is 0.181 e. The Bertz CT molecular complexity index is 484. The number of aliphatic hydroxyl groups is 1. The fourth-order valence-corrected chi connectivity index (χ4v) is 1.13. The van der Waals surface area contributed by atoms with E-state index in [1.165, 1.54) is 6.07 Å². The molecule has 1 heterocycles. The van der Waals surface area contributed by atoms with Gasteiger partial charge in [-0.2, -0.15) is 5.10 Å². The van der Waals surface area contributed by atoms with E-state index in [2.05, 4.69) is 15.2 Å². The Labute approximate surface area is 83.6 Å². The van der Waals surface area contributed by atoms with E-state index in [-0.39, 0.29) is 18.3 Å². The predicted molar refractivity (Wildman–Crippen MR) is 47.7 cm³/mol. The lowest BCUT2D eigenvalue weighted by molar-refractivity contribution is 0.272. The van der Waals surface area contributed by atoms with Crippen molar-refractivity contribution in [2.45, 2.75) is 6.61 Å². The van der Waals surface area contributed by atoms with Crippen molar-refractivity contribution in [1.29, 1.82) is 0 Å². The first-order valence-electron chi connectivity index (χ1n) is 4.18. The van der Waals surface area contributed by atoms with Gasteiger partial charge in [-0.05, 0) is 18.2 Å². The van der Waals surface area contributed by atoms with Crippen LogP contribution in [0.5, 0.6) is 0 Å². The molecule has 0 saturated carbocycles. The number of hydrogen-bond acceptors (Lipinski definition) is 3. The number of H-pyrrole nitrogens is 1. The molecule has 6 heteroatoms. The Morgan fingerprint density at radius 1 is 1.27 bits per heavy atom. The normalized spacial score (nSPS) is 10.6. The van der Waals surface area contributed by atoms with Gasteiger partial charge in [0.15, 0.2) is 23.3 Å². The summed E-state index contributed by atoms with van der Waals surface area (Å²) in [5, 5.41) is 14.9. The summed E-state index contributed by atoms with van der Waals surface area (Å²) in [5.41, 5.74) is 0.352. The Balaban J connectivity index is 2.40. The van der Waals surface area contributed by atoms with Crippen molar-refractivity contribution in [3.8, 4) is 11.4 Å². The van der Waals surface area contributed by atoms with E-state index in [1.54, 1.807) is 0 Å². The molecule has 0 saturated heterocycles. The lowest BCUT2D eigenvalue weighted by Gasteiger charge is -1.95. The van der Waals surface area contributed by atoms with Crippen LogP contribution in [0.1, 0.15) is 5.82 Å². The third-order valence-electron chi connectivity index (χ3n) is 1.86. The molecule has 4 nitrogen and oxygen atoms in total. The minimum absolute atomic E-state index is 0.220. The molecule has 0 aliphatic heterocycles. The van der Waals surface area contributed by atoms with Gasteiger partial charge in [0.2, 0.25) is 0 Å². The first-order chi connectivity index (χ1) is 7.20. The molecular weight excluding hydrogens is 204 g/mol. The van der Waals surface area contributed by atoms with Gasteiger partial charge in [0.25, 0.3) is 0 Å². The first kappa shape index (κ1) is 9.72. The zero-order valence-electron chi connectivity index (χ0n) is 7.54. The molecule has 0 spiro atoms. The van der Waals surface area contributed by atoms with E-state index >= 15 is 0 Å². The number of nitrogens with one attached hydrogen (secondary N) is 1. The van der Waals surface area contributed by atoms with Crippen LogP contribution < -0.4 is 0 Å². The first-order valence-corrected chi connectivity index (χ1v) is 4.18. The zero-order valence-corrected chi connectivity index (χ0v) is 7.54. The molecule has 0 amide bonds. The number of rotatable bonds is 2. The van der Waals surface area contributed by atoms with E-state index in [0.29, 0.717) is 5.56 Å². The van der Waals surface area contributed by atoms with Crippen LogP contribution in [0.15, 0.2) is 18.2 Å². The highest BCUT2D eigenvalue weighted by Crippen LogP contribution is 2.17. The summed E-state index contributed by atoms with van der Waals surface area (Å²) < 4.78 is 25.5. The number of aromatic amines is 1. The van der Waals surface area contributed by atoms with Crippen LogP contribution in [0.25, 0.3) is 11.4 Å². The number of aromatic nitrogens is 3. The Morgan fingerprint density at radius 2 is 2.07 bits per heavy atom. The van der Waals surface area contributed by atoms with Gasteiger partial charge in [-0.25, -0.2) is 13.8 Å². The van der Waals surface area contributed by atoms with Gasteiger partial charge in [0, 0.05) is 5.56 Å². The van der Waals surface area contributed by atoms with E-state index in [1.807, 2.05) is 0 Å². The number of benzene rings is 1. The molecule has 15 heavy (non-hydrogen) atoms. The maximum absolute atomic E-state index is 12.9. The Hall–Kier alpha value is -1.82. The third kappa shape index (κ3) is 1.84. The fraction of sp³-hybridized carbons (Fsp3) is 0.111. The SMILES string of the molecule is OCc1nc(-c2ccc(F)c(F)c2)n[nH]1. The molecule has 1 aromatic heterocycles. The van der Waals surface area contributed by atoms with Gasteiger partial charge in [-0.3, -0.25) is 5.10 Å². The van der Waals surface area contributed by atoms with E-state index in [4.69, 9.17) is 5.11 Å². The fourth-order valence-electron chi connectivity index (χ4n) is 1.13. The summed E-state index contributed by atoms with van der Waals surface area (Å²) in [6, 6.07) is 3.36.